The lowest BCUT2D eigenvalue weighted by molar-refractivity contribution is 0.144. The number of nitrogens with one attached hydrogen (secondary N) is 1. The number of fused-ring (bicyclic) bond motifs is 1. The molecule has 1 aromatic rings. The maximum atomic E-state index is 10.6. The van der Waals surface area contributed by atoms with Crippen molar-refractivity contribution in [3.8, 4) is 0 Å². The van der Waals surface area contributed by atoms with Gasteiger partial charge in [-0.25, -0.2) is 0 Å². The van der Waals surface area contributed by atoms with Gasteiger partial charge in [-0.15, -0.1) is 0 Å². The van der Waals surface area contributed by atoms with Crippen molar-refractivity contribution >= 4 is 0 Å². The van der Waals surface area contributed by atoms with Crippen LogP contribution in [0.2, 0.25) is 0 Å². The highest BCUT2D eigenvalue weighted by atomic mass is 16.3. The summed E-state index contributed by atoms with van der Waals surface area (Å²) in [5.74, 6) is 1.68. The van der Waals surface area contributed by atoms with Gasteiger partial charge in [-0.05, 0) is 62.6 Å². The van der Waals surface area contributed by atoms with Gasteiger partial charge in [0.15, 0.2) is 0 Å². The van der Waals surface area contributed by atoms with Gasteiger partial charge in [0, 0.05) is 6.04 Å². The van der Waals surface area contributed by atoms with E-state index in [-0.39, 0.29) is 6.10 Å². The van der Waals surface area contributed by atoms with E-state index in [1.54, 1.807) is 0 Å². The molecule has 19 heavy (non-hydrogen) atoms. The van der Waals surface area contributed by atoms with Crippen LogP contribution in [-0.4, -0.2) is 17.7 Å². The Hall–Kier alpha value is -0.860. The standard InChI is InChI=1S/C17H25NO/c1-11-6-7-12(2)15(8-11)17(19)9-16-14-5-3-4-13(14)10-18-16/h6-8,13-14,16-19H,3-5,9-10H2,1-2H3. The van der Waals surface area contributed by atoms with Crippen molar-refractivity contribution in [1.82, 2.24) is 5.32 Å². The van der Waals surface area contributed by atoms with Crippen LogP contribution in [0.3, 0.4) is 0 Å². The minimum Gasteiger partial charge on any atom is -0.388 e. The molecule has 2 nitrogen and oxygen atoms in total. The van der Waals surface area contributed by atoms with Crippen molar-refractivity contribution in [1.29, 1.82) is 0 Å². The van der Waals surface area contributed by atoms with E-state index in [2.05, 4.69) is 37.4 Å². The predicted molar refractivity (Wildman–Crippen MR) is 78.1 cm³/mol. The number of benzene rings is 1. The summed E-state index contributed by atoms with van der Waals surface area (Å²) in [6.07, 6.45) is 4.66. The van der Waals surface area contributed by atoms with Crippen LogP contribution in [0.15, 0.2) is 18.2 Å². The summed E-state index contributed by atoms with van der Waals surface area (Å²) in [6.45, 7) is 5.35. The van der Waals surface area contributed by atoms with Gasteiger partial charge >= 0.3 is 0 Å². The molecule has 4 atom stereocenters. The second-order valence-electron chi connectivity index (χ2n) is 6.48. The summed E-state index contributed by atoms with van der Waals surface area (Å²) in [6, 6.07) is 6.89. The van der Waals surface area contributed by atoms with Gasteiger partial charge in [0.05, 0.1) is 6.10 Å². The van der Waals surface area contributed by atoms with Gasteiger partial charge in [0.1, 0.15) is 0 Å². The Kier molecular flexibility index (Phi) is 3.64. The molecular weight excluding hydrogens is 234 g/mol. The van der Waals surface area contributed by atoms with E-state index in [0.29, 0.717) is 6.04 Å². The monoisotopic (exact) mass is 259 g/mol. The Labute approximate surface area is 116 Å². The van der Waals surface area contributed by atoms with Gasteiger partial charge in [0.25, 0.3) is 0 Å². The van der Waals surface area contributed by atoms with Crippen LogP contribution >= 0.6 is 0 Å². The Balaban J connectivity index is 1.71. The molecule has 2 aliphatic rings. The number of aliphatic hydroxyl groups is 1. The number of hydrogen-bond donors (Lipinski definition) is 2. The van der Waals surface area contributed by atoms with Crippen LogP contribution in [0.5, 0.6) is 0 Å². The van der Waals surface area contributed by atoms with E-state index < -0.39 is 0 Å². The second-order valence-corrected chi connectivity index (χ2v) is 6.48. The largest absolute Gasteiger partial charge is 0.388 e. The first-order valence-electron chi connectivity index (χ1n) is 7.64. The molecule has 1 heterocycles. The smallest absolute Gasteiger partial charge is 0.0807 e. The maximum Gasteiger partial charge on any atom is 0.0807 e. The van der Waals surface area contributed by atoms with Crippen LogP contribution in [-0.2, 0) is 0 Å². The summed E-state index contributed by atoms with van der Waals surface area (Å²) in [7, 11) is 0. The van der Waals surface area contributed by atoms with Crippen LogP contribution in [0.4, 0.5) is 0 Å². The molecule has 2 heteroatoms. The summed E-state index contributed by atoms with van der Waals surface area (Å²) in [4.78, 5) is 0. The fourth-order valence-corrected chi connectivity index (χ4v) is 4.05. The Morgan fingerprint density at radius 3 is 3.00 bits per heavy atom. The van der Waals surface area contributed by atoms with Crippen molar-refractivity contribution in [2.45, 2.75) is 51.7 Å². The molecule has 3 rings (SSSR count). The maximum absolute atomic E-state index is 10.6. The molecule has 0 spiro atoms. The van der Waals surface area contributed by atoms with Gasteiger partial charge in [-0.2, -0.15) is 0 Å². The fraction of sp³-hybridized carbons (Fsp3) is 0.647. The molecule has 1 aliphatic carbocycles. The van der Waals surface area contributed by atoms with Crippen molar-refractivity contribution in [3.63, 3.8) is 0 Å². The lowest BCUT2D eigenvalue weighted by Gasteiger charge is -2.23. The zero-order chi connectivity index (χ0) is 13.4. The molecule has 2 fully saturated rings. The summed E-state index contributed by atoms with van der Waals surface area (Å²) in [5.41, 5.74) is 3.56. The Bertz CT molecular complexity index is 457. The van der Waals surface area contributed by atoms with Crippen molar-refractivity contribution in [3.05, 3.63) is 34.9 Å². The molecule has 0 aromatic heterocycles. The van der Waals surface area contributed by atoms with Gasteiger partial charge < -0.3 is 10.4 Å². The summed E-state index contributed by atoms with van der Waals surface area (Å²) >= 11 is 0. The molecule has 104 valence electrons. The Morgan fingerprint density at radius 1 is 1.32 bits per heavy atom. The zero-order valence-electron chi connectivity index (χ0n) is 12.0. The average Bonchev–Trinajstić information content (AvgIpc) is 2.97. The number of hydrogen-bond acceptors (Lipinski definition) is 2. The lowest BCUT2D eigenvalue weighted by atomic mass is 9.88. The van der Waals surface area contributed by atoms with Crippen molar-refractivity contribution in [2.24, 2.45) is 11.8 Å². The number of rotatable bonds is 3. The van der Waals surface area contributed by atoms with E-state index in [1.165, 1.54) is 30.4 Å². The highest BCUT2D eigenvalue weighted by Crippen LogP contribution is 2.40. The molecule has 1 aromatic carbocycles. The van der Waals surface area contributed by atoms with Gasteiger partial charge in [0.2, 0.25) is 0 Å². The number of aliphatic hydroxyl groups excluding tert-OH is 1. The molecule has 0 bridgehead atoms. The first-order valence-corrected chi connectivity index (χ1v) is 7.64. The van der Waals surface area contributed by atoms with E-state index in [1.807, 2.05) is 0 Å². The van der Waals surface area contributed by atoms with E-state index in [0.717, 1.165) is 30.4 Å². The average molecular weight is 259 g/mol. The van der Waals surface area contributed by atoms with Crippen LogP contribution in [0.1, 0.15) is 48.5 Å². The SMILES string of the molecule is Cc1ccc(C)c(C(O)CC2NCC3CCCC32)c1. The molecule has 1 aliphatic heterocycles. The van der Waals surface area contributed by atoms with E-state index >= 15 is 0 Å². The van der Waals surface area contributed by atoms with Crippen molar-refractivity contribution < 1.29 is 5.11 Å². The molecule has 2 N–H and O–H groups in total. The molecule has 0 amide bonds. The molecule has 4 unspecified atom stereocenters. The number of aryl methyl sites for hydroxylation is 2. The summed E-state index contributed by atoms with van der Waals surface area (Å²) < 4.78 is 0. The topological polar surface area (TPSA) is 32.3 Å². The van der Waals surface area contributed by atoms with Gasteiger partial charge in [-0.3, -0.25) is 0 Å². The van der Waals surface area contributed by atoms with Crippen LogP contribution in [0, 0.1) is 25.7 Å². The fourth-order valence-electron chi connectivity index (χ4n) is 4.05. The van der Waals surface area contributed by atoms with E-state index in [9.17, 15) is 5.11 Å². The highest BCUT2D eigenvalue weighted by molar-refractivity contribution is 5.32. The third kappa shape index (κ3) is 2.56. The first-order chi connectivity index (χ1) is 9.15. The molecule has 1 saturated heterocycles. The van der Waals surface area contributed by atoms with Gasteiger partial charge in [-0.1, -0.05) is 30.2 Å². The third-order valence-corrected chi connectivity index (χ3v) is 5.15. The third-order valence-electron chi connectivity index (χ3n) is 5.15. The lowest BCUT2D eigenvalue weighted by Crippen LogP contribution is -2.29. The second kappa shape index (κ2) is 5.26. The first kappa shape index (κ1) is 13.1. The molecular formula is C17H25NO. The van der Waals surface area contributed by atoms with Crippen LogP contribution < -0.4 is 5.32 Å². The Morgan fingerprint density at radius 2 is 2.16 bits per heavy atom. The van der Waals surface area contributed by atoms with Crippen LogP contribution in [0.25, 0.3) is 0 Å². The molecule has 0 radical (unpaired) electrons. The molecule has 1 saturated carbocycles. The minimum atomic E-state index is -0.322. The normalized spacial score (nSPS) is 31.4. The summed E-state index contributed by atoms with van der Waals surface area (Å²) in [5, 5.41) is 14.2. The van der Waals surface area contributed by atoms with E-state index in [4.69, 9.17) is 0 Å². The quantitative estimate of drug-likeness (QED) is 0.874. The minimum absolute atomic E-state index is 0.322. The van der Waals surface area contributed by atoms with Crippen molar-refractivity contribution in [2.75, 3.05) is 6.54 Å². The predicted octanol–water partition coefficient (Wildman–Crippen LogP) is 3.12. The zero-order valence-corrected chi connectivity index (χ0v) is 12.0. The highest BCUT2D eigenvalue weighted by Gasteiger charge is 2.39.